The van der Waals surface area contributed by atoms with Gasteiger partial charge in [0, 0.05) is 24.8 Å². The highest BCUT2D eigenvalue weighted by atomic mass is 32.2. The average molecular weight is 373 g/mol. The van der Waals surface area contributed by atoms with E-state index in [1.807, 2.05) is 42.2 Å². The molecule has 0 aliphatic carbocycles. The first-order chi connectivity index (χ1) is 12.7. The second-order valence-corrected chi connectivity index (χ2v) is 7.23. The van der Waals surface area contributed by atoms with Gasteiger partial charge >= 0.3 is 0 Å². The molecule has 1 amide bonds. The lowest BCUT2D eigenvalue weighted by atomic mass is 10.1. The van der Waals surface area contributed by atoms with Crippen molar-refractivity contribution in [3.05, 3.63) is 58.0 Å². The predicted molar refractivity (Wildman–Crippen MR) is 101 cm³/mol. The minimum Gasteiger partial charge on any atom is -0.378 e. The van der Waals surface area contributed by atoms with Crippen molar-refractivity contribution in [1.29, 1.82) is 0 Å². The molecule has 2 heterocycles. The minimum atomic E-state index is -0.450. The Labute approximate surface area is 157 Å². The van der Waals surface area contributed by atoms with E-state index in [0.717, 1.165) is 24.1 Å². The molecule has 0 saturated carbocycles. The number of benzene rings is 1. The van der Waals surface area contributed by atoms with Crippen LogP contribution in [0.15, 0.2) is 46.3 Å². The molecule has 138 valence electrons. The normalized spacial score (nSPS) is 15.7. The fourth-order valence-corrected chi connectivity index (χ4v) is 3.97. The molecule has 1 aliphatic rings. The van der Waals surface area contributed by atoms with E-state index in [0.29, 0.717) is 31.5 Å². The highest BCUT2D eigenvalue weighted by Gasteiger charge is 2.29. The van der Waals surface area contributed by atoms with Crippen LogP contribution in [0.1, 0.15) is 29.9 Å². The molecule has 2 aromatic rings. The molecule has 1 fully saturated rings. The molecule has 26 heavy (non-hydrogen) atoms. The summed E-state index contributed by atoms with van der Waals surface area (Å²) in [5.74, 6) is 0.0213. The molecule has 1 saturated heterocycles. The molecule has 1 atom stereocenters. The minimum absolute atomic E-state index is 0.0213. The van der Waals surface area contributed by atoms with E-state index in [-0.39, 0.29) is 11.5 Å². The summed E-state index contributed by atoms with van der Waals surface area (Å²) in [6, 6.07) is 11.1. The van der Waals surface area contributed by atoms with E-state index in [9.17, 15) is 9.59 Å². The molecular weight excluding hydrogens is 350 g/mol. The molecule has 6 nitrogen and oxygen atoms in total. The van der Waals surface area contributed by atoms with Gasteiger partial charge in [0.25, 0.3) is 5.56 Å². The van der Waals surface area contributed by atoms with Crippen LogP contribution in [0, 0.1) is 0 Å². The Morgan fingerprint density at radius 3 is 2.73 bits per heavy atom. The first kappa shape index (κ1) is 18.7. The quantitative estimate of drug-likeness (QED) is 0.622. The molecule has 1 aromatic carbocycles. The molecule has 3 rings (SSSR count). The van der Waals surface area contributed by atoms with Crippen LogP contribution in [0.5, 0.6) is 0 Å². The third-order valence-corrected chi connectivity index (χ3v) is 5.28. The molecule has 1 aromatic heterocycles. The molecule has 1 unspecified atom stereocenters. The van der Waals surface area contributed by atoms with Gasteiger partial charge in [-0.1, -0.05) is 55.4 Å². The largest absolute Gasteiger partial charge is 0.378 e. The van der Waals surface area contributed by atoms with Gasteiger partial charge in [0.2, 0.25) is 5.91 Å². The van der Waals surface area contributed by atoms with Crippen molar-refractivity contribution in [2.24, 2.45) is 0 Å². The smallest absolute Gasteiger partial charge is 0.251 e. The summed E-state index contributed by atoms with van der Waals surface area (Å²) in [6.07, 6.45) is 1.65. The first-order valence-electron chi connectivity index (χ1n) is 8.85. The van der Waals surface area contributed by atoms with E-state index in [1.165, 1.54) is 17.8 Å². The van der Waals surface area contributed by atoms with Crippen LogP contribution in [0.4, 0.5) is 0 Å². The van der Waals surface area contributed by atoms with Gasteiger partial charge in [-0.15, -0.1) is 0 Å². The standard InChI is InChI=1S/C19H23N3O3S/c1-2-6-15-13-16(23)21-19(20-15)26-17(14-7-4-3-5-8-14)18(24)22-9-11-25-12-10-22/h3-5,7-8,13,17H,2,6,9-12H2,1H3,(H,20,21,23). The number of aromatic nitrogens is 2. The number of aromatic amines is 1. The summed E-state index contributed by atoms with van der Waals surface area (Å²) >= 11 is 1.30. The molecule has 1 aliphatic heterocycles. The van der Waals surface area contributed by atoms with Crippen LogP contribution in [0.2, 0.25) is 0 Å². The lowest BCUT2D eigenvalue weighted by Crippen LogP contribution is -2.42. The van der Waals surface area contributed by atoms with E-state index < -0.39 is 5.25 Å². The maximum absolute atomic E-state index is 13.1. The van der Waals surface area contributed by atoms with Gasteiger partial charge in [-0.3, -0.25) is 9.59 Å². The topological polar surface area (TPSA) is 75.3 Å². The van der Waals surface area contributed by atoms with Gasteiger partial charge in [-0.25, -0.2) is 4.98 Å². The van der Waals surface area contributed by atoms with Crippen molar-refractivity contribution in [3.63, 3.8) is 0 Å². The van der Waals surface area contributed by atoms with Crippen LogP contribution in [0.25, 0.3) is 0 Å². The number of ether oxygens (including phenoxy) is 1. The molecule has 7 heteroatoms. The zero-order valence-electron chi connectivity index (χ0n) is 14.8. The zero-order valence-corrected chi connectivity index (χ0v) is 15.6. The Morgan fingerprint density at radius 2 is 2.04 bits per heavy atom. The summed E-state index contributed by atoms with van der Waals surface area (Å²) in [4.78, 5) is 34.2. The number of carbonyl (C=O) groups is 1. The van der Waals surface area contributed by atoms with Gasteiger partial charge in [0.1, 0.15) is 5.25 Å². The Hall–Kier alpha value is -2.12. The lowest BCUT2D eigenvalue weighted by Gasteiger charge is -2.30. The molecule has 0 bridgehead atoms. The van der Waals surface area contributed by atoms with E-state index >= 15 is 0 Å². The van der Waals surface area contributed by atoms with E-state index in [2.05, 4.69) is 9.97 Å². The molecule has 1 N–H and O–H groups in total. The number of aryl methyl sites for hydroxylation is 1. The van der Waals surface area contributed by atoms with Crippen LogP contribution >= 0.6 is 11.8 Å². The van der Waals surface area contributed by atoms with Crippen LogP contribution < -0.4 is 5.56 Å². The summed E-state index contributed by atoms with van der Waals surface area (Å²) in [5, 5.41) is 0.0331. The van der Waals surface area contributed by atoms with Crippen molar-refractivity contribution >= 4 is 17.7 Å². The number of hydrogen-bond acceptors (Lipinski definition) is 5. The second kappa shape index (κ2) is 9.00. The number of carbonyl (C=O) groups excluding carboxylic acids is 1. The highest BCUT2D eigenvalue weighted by molar-refractivity contribution is 8.00. The maximum Gasteiger partial charge on any atom is 0.251 e. The number of H-pyrrole nitrogens is 1. The zero-order chi connectivity index (χ0) is 18.4. The van der Waals surface area contributed by atoms with Crippen LogP contribution in [-0.4, -0.2) is 47.1 Å². The first-order valence-corrected chi connectivity index (χ1v) is 9.73. The number of nitrogens with one attached hydrogen (secondary N) is 1. The third kappa shape index (κ3) is 4.74. The van der Waals surface area contributed by atoms with Crippen molar-refractivity contribution in [1.82, 2.24) is 14.9 Å². The third-order valence-electron chi connectivity index (χ3n) is 4.16. The van der Waals surface area contributed by atoms with Gasteiger partial charge in [-0.05, 0) is 12.0 Å². The number of amides is 1. The van der Waals surface area contributed by atoms with Gasteiger partial charge in [0.15, 0.2) is 5.16 Å². The number of morpholine rings is 1. The fourth-order valence-electron chi connectivity index (χ4n) is 2.87. The van der Waals surface area contributed by atoms with Crippen LogP contribution in [-0.2, 0) is 16.0 Å². The Balaban J connectivity index is 1.89. The lowest BCUT2D eigenvalue weighted by molar-refractivity contribution is -0.134. The SMILES string of the molecule is CCCc1cc(=O)[nH]c(SC(C(=O)N2CCOCC2)c2ccccc2)n1. The van der Waals surface area contributed by atoms with E-state index in [1.54, 1.807) is 0 Å². The van der Waals surface area contributed by atoms with Crippen molar-refractivity contribution in [2.45, 2.75) is 30.2 Å². The number of thioether (sulfide) groups is 1. The summed E-state index contributed by atoms with van der Waals surface area (Å²) in [5.41, 5.74) is 1.47. The summed E-state index contributed by atoms with van der Waals surface area (Å²) in [7, 11) is 0. The number of nitrogens with zero attached hydrogens (tertiary/aromatic N) is 2. The van der Waals surface area contributed by atoms with E-state index in [4.69, 9.17) is 4.74 Å². The Bertz CT molecular complexity index is 788. The number of rotatable bonds is 6. The monoisotopic (exact) mass is 373 g/mol. The Kier molecular flexibility index (Phi) is 6.46. The Morgan fingerprint density at radius 1 is 1.31 bits per heavy atom. The number of hydrogen-bond donors (Lipinski definition) is 1. The molecule has 0 radical (unpaired) electrons. The van der Waals surface area contributed by atoms with Crippen molar-refractivity contribution in [3.8, 4) is 0 Å². The summed E-state index contributed by atoms with van der Waals surface area (Å²) < 4.78 is 5.35. The van der Waals surface area contributed by atoms with Gasteiger partial charge in [-0.2, -0.15) is 0 Å². The fraction of sp³-hybridized carbons (Fsp3) is 0.421. The van der Waals surface area contributed by atoms with Crippen molar-refractivity contribution < 1.29 is 9.53 Å². The molecule has 0 spiro atoms. The second-order valence-electron chi connectivity index (χ2n) is 6.14. The average Bonchev–Trinajstić information content (AvgIpc) is 2.67. The maximum atomic E-state index is 13.1. The highest BCUT2D eigenvalue weighted by Crippen LogP contribution is 2.35. The van der Waals surface area contributed by atoms with Crippen LogP contribution in [0.3, 0.4) is 0 Å². The molecular formula is C19H23N3O3S. The predicted octanol–water partition coefficient (Wildman–Crippen LogP) is 2.41. The van der Waals surface area contributed by atoms with Gasteiger partial charge < -0.3 is 14.6 Å². The van der Waals surface area contributed by atoms with Crippen molar-refractivity contribution in [2.75, 3.05) is 26.3 Å². The summed E-state index contributed by atoms with van der Waals surface area (Å²) in [6.45, 7) is 4.33. The van der Waals surface area contributed by atoms with Gasteiger partial charge in [0.05, 0.1) is 13.2 Å².